The summed E-state index contributed by atoms with van der Waals surface area (Å²) in [4.78, 5) is 23.7. The highest BCUT2D eigenvalue weighted by Gasteiger charge is 2.53. The summed E-state index contributed by atoms with van der Waals surface area (Å²) in [6, 6.07) is 0. The van der Waals surface area contributed by atoms with E-state index in [1.165, 1.54) is 0 Å². The third-order valence-electron chi connectivity index (χ3n) is 4.73. The number of nitrogens with zero attached hydrogens (tertiary/aromatic N) is 2. The molecule has 2 aliphatic rings. The smallest absolute Gasteiger partial charge is 0.307 e. The number of rotatable bonds is 4. The Balaban J connectivity index is 1.65. The normalized spacial score (nSPS) is 31.4. The van der Waals surface area contributed by atoms with Gasteiger partial charge in [-0.1, -0.05) is 0 Å². The summed E-state index contributed by atoms with van der Waals surface area (Å²) in [5.74, 6) is -1.36. The second-order valence-corrected chi connectivity index (χ2v) is 5.96. The van der Waals surface area contributed by atoms with Crippen molar-refractivity contribution < 1.29 is 14.7 Å². The lowest BCUT2D eigenvalue weighted by molar-refractivity contribution is -0.149. The maximum atomic E-state index is 12.3. The van der Waals surface area contributed by atoms with Crippen molar-refractivity contribution in [2.75, 3.05) is 0 Å². The van der Waals surface area contributed by atoms with E-state index in [-0.39, 0.29) is 23.7 Å². The Morgan fingerprint density at radius 3 is 2.70 bits per heavy atom. The highest BCUT2D eigenvalue weighted by atomic mass is 16.4. The predicted octanol–water partition coefficient (Wildman–Crippen LogP) is 0.783. The quantitative estimate of drug-likeness (QED) is 0.852. The molecule has 20 heavy (non-hydrogen) atoms. The highest BCUT2D eigenvalue weighted by Crippen LogP contribution is 2.52. The largest absolute Gasteiger partial charge is 0.481 e. The van der Waals surface area contributed by atoms with E-state index in [1.54, 1.807) is 10.9 Å². The van der Waals surface area contributed by atoms with E-state index in [0.717, 1.165) is 24.8 Å². The fourth-order valence-corrected chi connectivity index (χ4v) is 3.89. The van der Waals surface area contributed by atoms with Gasteiger partial charge in [0.05, 0.1) is 18.0 Å². The second-order valence-electron chi connectivity index (χ2n) is 5.96. The van der Waals surface area contributed by atoms with Crippen LogP contribution < -0.4 is 5.32 Å². The van der Waals surface area contributed by atoms with E-state index in [4.69, 9.17) is 0 Å². The fourth-order valence-electron chi connectivity index (χ4n) is 3.89. The SMILES string of the molecule is Cn1cc(CNC(=O)C2C3CCC(C3)C2C(=O)O)cn1. The molecular weight excluding hydrogens is 258 g/mol. The molecule has 2 fully saturated rings. The fraction of sp³-hybridized carbons (Fsp3) is 0.643. The van der Waals surface area contributed by atoms with Gasteiger partial charge < -0.3 is 10.4 Å². The summed E-state index contributed by atoms with van der Waals surface area (Å²) >= 11 is 0. The molecule has 1 amide bonds. The van der Waals surface area contributed by atoms with E-state index < -0.39 is 11.9 Å². The number of hydrogen-bond donors (Lipinski definition) is 2. The van der Waals surface area contributed by atoms with Crippen LogP contribution in [0.25, 0.3) is 0 Å². The molecule has 2 aliphatic carbocycles. The molecule has 4 atom stereocenters. The van der Waals surface area contributed by atoms with Crippen molar-refractivity contribution in [2.45, 2.75) is 25.8 Å². The van der Waals surface area contributed by atoms with Crippen molar-refractivity contribution in [3.63, 3.8) is 0 Å². The zero-order chi connectivity index (χ0) is 14.3. The van der Waals surface area contributed by atoms with Gasteiger partial charge in [-0.05, 0) is 31.1 Å². The Bertz CT molecular complexity index is 540. The molecule has 0 aromatic carbocycles. The lowest BCUT2D eigenvalue weighted by Crippen LogP contribution is -2.41. The number of carbonyl (C=O) groups excluding carboxylic acids is 1. The Morgan fingerprint density at radius 1 is 1.40 bits per heavy atom. The molecule has 2 bridgehead atoms. The molecule has 1 aromatic heterocycles. The van der Waals surface area contributed by atoms with Crippen LogP contribution in [-0.2, 0) is 23.2 Å². The molecular formula is C14H19N3O3. The summed E-state index contributed by atoms with van der Waals surface area (Å²) in [5, 5.41) is 16.3. The minimum absolute atomic E-state index is 0.117. The number of carboxylic acids is 1. The topological polar surface area (TPSA) is 84.2 Å². The molecule has 4 unspecified atom stereocenters. The lowest BCUT2D eigenvalue weighted by Gasteiger charge is -2.26. The average molecular weight is 277 g/mol. The van der Waals surface area contributed by atoms with Crippen molar-refractivity contribution >= 4 is 11.9 Å². The first-order valence-corrected chi connectivity index (χ1v) is 7.04. The second kappa shape index (κ2) is 4.92. The van der Waals surface area contributed by atoms with Crippen LogP contribution in [-0.4, -0.2) is 26.8 Å². The maximum Gasteiger partial charge on any atom is 0.307 e. The number of nitrogens with one attached hydrogen (secondary N) is 1. The Hall–Kier alpha value is -1.85. The van der Waals surface area contributed by atoms with Crippen molar-refractivity contribution in [1.82, 2.24) is 15.1 Å². The number of aliphatic carboxylic acids is 1. The predicted molar refractivity (Wildman–Crippen MR) is 70.5 cm³/mol. The van der Waals surface area contributed by atoms with Crippen LogP contribution in [0.3, 0.4) is 0 Å². The number of fused-ring (bicyclic) bond motifs is 2. The molecule has 6 nitrogen and oxygen atoms in total. The Morgan fingerprint density at radius 2 is 2.10 bits per heavy atom. The molecule has 3 rings (SSSR count). The van der Waals surface area contributed by atoms with Crippen LogP contribution in [0, 0.1) is 23.7 Å². The first-order valence-electron chi connectivity index (χ1n) is 7.04. The van der Waals surface area contributed by atoms with Gasteiger partial charge in [0.1, 0.15) is 0 Å². The Labute approximate surface area is 117 Å². The summed E-state index contributed by atoms with van der Waals surface area (Å²) < 4.78 is 1.68. The molecule has 2 saturated carbocycles. The van der Waals surface area contributed by atoms with Gasteiger partial charge >= 0.3 is 5.97 Å². The molecule has 1 aromatic rings. The average Bonchev–Trinajstić information content (AvgIpc) is 3.10. The number of amides is 1. The van der Waals surface area contributed by atoms with Gasteiger partial charge in [0, 0.05) is 25.4 Å². The minimum atomic E-state index is -0.821. The summed E-state index contributed by atoms with van der Waals surface area (Å²) in [6.07, 6.45) is 6.38. The zero-order valence-corrected chi connectivity index (χ0v) is 11.5. The molecule has 0 radical (unpaired) electrons. The van der Waals surface area contributed by atoms with Gasteiger partial charge in [-0.25, -0.2) is 0 Å². The third kappa shape index (κ3) is 2.19. The molecule has 1 heterocycles. The van der Waals surface area contributed by atoms with Crippen molar-refractivity contribution in [2.24, 2.45) is 30.7 Å². The van der Waals surface area contributed by atoms with Crippen LogP contribution >= 0.6 is 0 Å². The molecule has 0 spiro atoms. The Kier molecular flexibility index (Phi) is 3.23. The van der Waals surface area contributed by atoms with Crippen LogP contribution in [0.5, 0.6) is 0 Å². The van der Waals surface area contributed by atoms with E-state index in [9.17, 15) is 14.7 Å². The molecule has 108 valence electrons. The van der Waals surface area contributed by atoms with E-state index >= 15 is 0 Å². The van der Waals surface area contributed by atoms with Crippen LogP contribution in [0.1, 0.15) is 24.8 Å². The van der Waals surface area contributed by atoms with Gasteiger partial charge in [0.15, 0.2) is 0 Å². The van der Waals surface area contributed by atoms with Gasteiger partial charge in [-0.15, -0.1) is 0 Å². The molecule has 6 heteroatoms. The third-order valence-corrected chi connectivity index (χ3v) is 4.73. The number of aromatic nitrogens is 2. The standard InChI is InChI=1S/C14H19N3O3/c1-17-7-8(6-16-17)5-15-13(18)11-9-2-3-10(4-9)12(11)14(19)20/h6-7,9-12H,2-5H2,1H3,(H,15,18)(H,19,20). The van der Waals surface area contributed by atoms with Gasteiger partial charge in [-0.2, -0.15) is 5.10 Å². The molecule has 0 saturated heterocycles. The zero-order valence-electron chi connectivity index (χ0n) is 11.5. The van der Waals surface area contributed by atoms with Crippen LogP contribution in [0.2, 0.25) is 0 Å². The number of aryl methyl sites for hydroxylation is 1. The number of carbonyl (C=O) groups is 2. The first-order chi connectivity index (χ1) is 9.56. The molecule has 2 N–H and O–H groups in total. The highest BCUT2D eigenvalue weighted by molar-refractivity contribution is 5.86. The maximum absolute atomic E-state index is 12.3. The van der Waals surface area contributed by atoms with E-state index in [0.29, 0.717) is 6.54 Å². The van der Waals surface area contributed by atoms with Crippen LogP contribution in [0.4, 0.5) is 0 Å². The first kappa shape index (κ1) is 13.1. The van der Waals surface area contributed by atoms with E-state index in [2.05, 4.69) is 10.4 Å². The lowest BCUT2D eigenvalue weighted by atomic mass is 9.78. The summed E-state index contributed by atoms with van der Waals surface area (Å²) in [6.45, 7) is 0.410. The van der Waals surface area contributed by atoms with Crippen molar-refractivity contribution in [1.29, 1.82) is 0 Å². The summed E-state index contributed by atoms with van der Waals surface area (Å²) in [5.41, 5.74) is 0.927. The van der Waals surface area contributed by atoms with Gasteiger partial charge in [0.25, 0.3) is 0 Å². The minimum Gasteiger partial charge on any atom is -0.481 e. The van der Waals surface area contributed by atoms with E-state index in [1.807, 2.05) is 13.2 Å². The number of hydrogen-bond acceptors (Lipinski definition) is 3. The van der Waals surface area contributed by atoms with Gasteiger partial charge in [-0.3, -0.25) is 14.3 Å². The van der Waals surface area contributed by atoms with Crippen molar-refractivity contribution in [3.05, 3.63) is 18.0 Å². The summed E-state index contributed by atoms with van der Waals surface area (Å²) in [7, 11) is 1.82. The monoisotopic (exact) mass is 277 g/mol. The number of carboxylic acid groups (broad SMARTS) is 1. The van der Waals surface area contributed by atoms with Crippen LogP contribution in [0.15, 0.2) is 12.4 Å². The van der Waals surface area contributed by atoms with Crippen molar-refractivity contribution in [3.8, 4) is 0 Å². The van der Waals surface area contributed by atoms with Gasteiger partial charge in [0.2, 0.25) is 5.91 Å². The molecule has 0 aliphatic heterocycles.